The number of sulfonamides is 1. The van der Waals surface area contributed by atoms with Gasteiger partial charge in [-0.05, 0) is 55.3 Å². The minimum atomic E-state index is -3.54. The van der Waals surface area contributed by atoms with Gasteiger partial charge < -0.3 is 9.47 Å². The number of methoxy groups -OCH3 is 2. The van der Waals surface area contributed by atoms with Gasteiger partial charge in [-0.25, -0.2) is 13.4 Å². The van der Waals surface area contributed by atoms with Gasteiger partial charge >= 0.3 is 0 Å². The van der Waals surface area contributed by atoms with Crippen molar-refractivity contribution in [3.63, 3.8) is 0 Å². The Hall–Kier alpha value is -2.95. The maximum absolute atomic E-state index is 12.6. The highest BCUT2D eigenvalue weighted by Gasteiger charge is 2.35. The van der Waals surface area contributed by atoms with E-state index < -0.39 is 10.0 Å². The number of anilines is 1. The standard InChI is InChI=1S/C22H23N3O5S2/c1-25(16-7-8-16)32(27,28)17-9-4-14(5-10-17)21(26)24-22-23-18(13-31-22)15-6-11-19(29-2)20(12-15)30-3/h4-6,9-13,16H,7-8H2,1-3H3,(H,23,24,26). The Morgan fingerprint density at radius 1 is 1.09 bits per heavy atom. The van der Waals surface area contributed by atoms with Gasteiger partial charge in [-0.1, -0.05) is 0 Å². The summed E-state index contributed by atoms with van der Waals surface area (Å²) in [5, 5.41) is 5.03. The fourth-order valence-corrected chi connectivity index (χ4v) is 5.34. The van der Waals surface area contributed by atoms with Crippen LogP contribution in [0.15, 0.2) is 52.7 Å². The molecule has 168 valence electrons. The summed E-state index contributed by atoms with van der Waals surface area (Å²) in [5.74, 6) is 0.845. The Balaban J connectivity index is 1.46. The topological polar surface area (TPSA) is 97.8 Å². The molecular formula is C22H23N3O5S2. The van der Waals surface area contributed by atoms with E-state index in [9.17, 15) is 13.2 Å². The van der Waals surface area contributed by atoms with Crippen LogP contribution in [-0.4, -0.2) is 50.9 Å². The molecule has 1 aliphatic rings. The van der Waals surface area contributed by atoms with E-state index in [0.29, 0.717) is 27.9 Å². The van der Waals surface area contributed by atoms with Crippen molar-refractivity contribution in [3.8, 4) is 22.8 Å². The molecule has 32 heavy (non-hydrogen) atoms. The van der Waals surface area contributed by atoms with Gasteiger partial charge in [0.1, 0.15) is 0 Å². The molecule has 0 unspecified atom stereocenters. The van der Waals surface area contributed by atoms with Crippen LogP contribution in [0.2, 0.25) is 0 Å². The molecule has 0 saturated heterocycles. The quantitative estimate of drug-likeness (QED) is 0.534. The largest absolute Gasteiger partial charge is 0.493 e. The minimum absolute atomic E-state index is 0.0766. The molecule has 8 nitrogen and oxygen atoms in total. The van der Waals surface area contributed by atoms with Gasteiger partial charge in [0.25, 0.3) is 5.91 Å². The first-order valence-corrected chi connectivity index (χ1v) is 12.2. The Bertz CT molecular complexity index is 1230. The van der Waals surface area contributed by atoms with Gasteiger partial charge in [0.15, 0.2) is 16.6 Å². The van der Waals surface area contributed by atoms with Gasteiger partial charge in [0.05, 0.1) is 24.8 Å². The number of hydrogen-bond donors (Lipinski definition) is 1. The van der Waals surface area contributed by atoms with Crippen LogP contribution in [0.3, 0.4) is 0 Å². The number of carbonyl (C=O) groups excluding carboxylic acids is 1. The average Bonchev–Trinajstić information content (AvgIpc) is 3.56. The number of nitrogens with one attached hydrogen (secondary N) is 1. The molecule has 1 aromatic heterocycles. The third-order valence-electron chi connectivity index (χ3n) is 5.26. The molecule has 0 spiro atoms. The fourth-order valence-electron chi connectivity index (χ4n) is 3.21. The summed E-state index contributed by atoms with van der Waals surface area (Å²) in [5.41, 5.74) is 1.87. The molecule has 1 fully saturated rings. The maximum Gasteiger partial charge on any atom is 0.257 e. The molecule has 0 atom stereocenters. The predicted octanol–water partition coefficient (Wildman–Crippen LogP) is 3.86. The van der Waals surface area contributed by atoms with Crippen molar-refractivity contribution < 1.29 is 22.7 Å². The molecule has 4 rings (SSSR count). The van der Waals surface area contributed by atoms with Gasteiger partial charge in [0.2, 0.25) is 10.0 Å². The summed E-state index contributed by atoms with van der Waals surface area (Å²) < 4.78 is 37.2. The van der Waals surface area contributed by atoms with E-state index in [-0.39, 0.29) is 16.8 Å². The Labute approximate surface area is 190 Å². The molecule has 3 aromatic rings. The van der Waals surface area contributed by atoms with E-state index in [1.165, 1.54) is 39.9 Å². The fraction of sp³-hybridized carbons (Fsp3) is 0.273. The number of rotatable bonds is 8. The van der Waals surface area contributed by atoms with Crippen molar-refractivity contribution in [1.82, 2.24) is 9.29 Å². The highest BCUT2D eigenvalue weighted by atomic mass is 32.2. The molecule has 1 amide bonds. The van der Waals surface area contributed by atoms with Crippen LogP contribution in [0.1, 0.15) is 23.2 Å². The van der Waals surface area contributed by atoms with E-state index in [1.54, 1.807) is 27.3 Å². The first-order valence-electron chi connectivity index (χ1n) is 9.91. The average molecular weight is 474 g/mol. The van der Waals surface area contributed by atoms with Crippen LogP contribution in [0, 0.1) is 0 Å². The van der Waals surface area contributed by atoms with Crippen LogP contribution in [-0.2, 0) is 10.0 Å². The summed E-state index contributed by atoms with van der Waals surface area (Å²) in [7, 11) is 1.18. The second-order valence-electron chi connectivity index (χ2n) is 7.34. The van der Waals surface area contributed by atoms with Gasteiger partial charge in [-0.15, -0.1) is 11.3 Å². The van der Waals surface area contributed by atoms with E-state index in [2.05, 4.69) is 10.3 Å². The van der Waals surface area contributed by atoms with E-state index in [1.807, 2.05) is 17.5 Å². The lowest BCUT2D eigenvalue weighted by molar-refractivity contribution is 0.102. The van der Waals surface area contributed by atoms with Crippen LogP contribution >= 0.6 is 11.3 Å². The third kappa shape index (κ3) is 4.47. The summed E-state index contributed by atoms with van der Waals surface area (Å²) in [4.78, 5) is 17.3. The Morgan fingerprint density at radius 2 is 1.78 bits per heavy atom. The van der Waals surface area contributed by atoms with Crippen LogP contribution in [0.5, 0.6) is 11.5 Å². The zero-order valence-electron chi connectivity index (χ0n) is 17.9. The lowest BCUT2D eigenvalue weighted by atomic mass is 10.1. The Morgan fingerprint density at radius 3 is 2.41 bits per heavy atom. The van der Waals surface area contributed by atoms with E-state index in [0.717, 1.165) is 18.4 Å². The molecule has 0 aliphatic heterocycles. The van der Waals surface area contributed by atoms with Gasteiger partial charge in [0, 0.05) is 29.6 Å². The number of benzene rings is 2. The van der Waals surface area contributed by atoms with Crippen LogP contribution < -0.4 is 14.8 Å². The number of thiazole rings is 1. The van der Waals surface area contributed by atoms with Crippen LogP contribution in [0.25, 0.3) is 11.3 Å². The number of aromatic nitrogens is 1. The van der Waals surface area contributed by atoms with Crippen molar-refractivity contribution >= 4 is 32.4 Å². The smallest absolute Gasteiger partial charge is 0.257 e. The lowest BCUT2D eigenvalue weighted by Crippen LogP contribution is -2.29. The lowest BCUT2D eigenvalue weighted by Gasteiger charge is -2.16. The number of carbonyl (C=O) groups is 1. The maximum atomic E-state index is 12.6. The van der Waals surface area contributed by atoms with Crippen molar-refractivity contribution in [1.29, 1.82) is 0 Å². The molecule has 10 heteroatoms. The molecule has 1 aliphatic carbocycles. The molecular weight excluding hydrogens is 450 g/mol. The predicted molar refractivity (Wildman–Crippen MR) is 123 cm³/mol. The van der Waals surface area contributed by atoms with E-state index in [4.69, 9.17) is 9.47 Å². The van der Waals surface area contributed by atoms with Crippen molar-refractivity contribution in [3.05, 3.63) is 53.4 Å². The van der Waals surface area contributed by atoms with E-state index >= 15 is 0 Å². The number of amides is 1. The second kappa shape index (κ2) is 8.89. The van der Waals surface area contributed by atoms with Gasteiger partial charge in [-0.2, -0.15) is 4.31 Å². The first-order chi connectivity index (χ1) is 15.3. The van der Waals surface area contributed by atoms with Crippen LogP contribution in [0.4, 0.5) is 5.13 Å². The number of hydrogen-bond acceptors (Lipinski definition) is 7. The SMILES string of the molecule is COc1ccc(-c2csc(NC(=O)c3ccc(S(=O)(=O)N(C)C4CC4)cc3)n2)cc1OC. The number of ether oxygens (including phenoxy) is 2. The third-order valence-corrected chi connectivity index (χ3v) is 7.94. The first kappa shape index (κ1) is 22.3. The summed E-state index contributed by atoms with van der Waals surface area (Å²) >= 11 is 1.29. The minimum Gasteiger partial charge on any atom is -0.493 e. The highest BCUT2D eigenvalue weighted by molar-refractivity contribution is 7.89. The monoisotopic (exact) mass is 473 g/mol. The summed E-state index contributed by atoms with van der Waals surface area (Å²) in [6, 6.07) is 11.5. The molecule has 1 N–H and O–H groups in total. The zero-order valence-corrected chi connectivity index (χ0v) is 19.5. The molecule has 0 radical (unpaired) electrons. The second-order valence-corrected chi connectivity index (χ2v) is 10.2. The Kier molecular flexibility index (Phi) is 6.18. The zero-order chi connectivity index (χ0) is 22.9. The van der Waals surface area contributed by atoms with Gasteiger partial charge in [-0.3, -0.25) is 10.1 Å². The molecule has 0 bridgehead atoms. The molecule has 1 saturated carbocycles. The van der Waals surface area contributed by atoms with Crippen molar-refractivity contribution in [2.45, 2.75) is 23.8 Å². The molecule has 2 aromatic carbocycles. The molecule has 1 heterocycles. The van der Waals surface area contributed by atoms with Crippen molar-refractivity contribution in [2.24, 2.45) is 0 Å². The summed E-state index contributed by atoms with van der Waals surface area (Å²) in [6.07, 6.45) is 1.77. The highest BCUT2D eigenvalue weighted by Crippen LogP contribution is 2.34. The number of nitrogens with zero attached hydrogens (tertiary/aromatic N) is 2. The van der Waals surface area contributed by atoms with Crippen molar-refractivity contribution in [2.75, 3.05) is 26.6 Å². The summed E-state index contributed by atoms with van der Waals surface area (Å²) in [6.45, 7) is 0. The normalized spacial score (nSPS) is 13.8.